The number of hydrogen-bond donors (Lipinski definition) is 1. The van der Waals surface area contributed by atoms with Crippen molar-refractivity contribution < 1.29 is 9.47 Å². The van der Waals surface area contributed by atoms with Gasteiger partial charge in [-0.2, -0.15) is 5.26 Å². The van der Waals surface area contributed by atoms with Gasteiger partial charge in [-0.25, -0.2) is 0 Å². The van der Waals surface area contributed by atoms with E-state index in [1.165, 1.54) is 0 Å². The number of rotatable bonds is 4. The summed E-state index contributed by atoms with van der Waals surface area (Å²) in [5, 5.41) is 9.38. The van der Waals surface area contributed by atoms with E-state index < -0.39 is 5.56 Å². The molecule has 1 N–H and O–H groups in total. The highest BCUT2D eigenvalue weighted by molar-refractivity contribution is 5.75. The normalized spacial score (nSPS) is 10.1. The minimum atomic E-state index is -0.415. The van der Waals surface area contributed by atoms with E-state index >= 15 is 0 Å². The van der Waals surface area contributed by atoms with E-state index in [0.717, 1.165) is 16.9 Å². The predicted molar refractivity (Wildman–Crippen MR) is 95.8 cm³/mol. The lowest BCUT2D eigenvalue weighted by Crippen LogP contribution is -2.12. The molecular formula is C20H16N2O3. The maximum absolute atomic E-state index is 12.4. The Bertz CT molecular complexity index is 981. The number of aromatic amines is 1. The quantitative estimate of drug-likeness (QED) is 0.792. The van der Waals surface area contributed by atoms with Crippen molar-refractivity contribution in [2.45, 2.75) is 0 Å². The van der Waals surface area contributed by atoms with Crippen molar-refractivity contribution >= 4 is 0 Å². The van der Waals surface area contributed by atoms with E-state index in [0.29, 0.717) is 17.0 Å². The Labute approximate surface area is 145 Å². The zero-order chi connectivity index (χ0) is 17.8. The third-order valence-electron chi connectivity index (χ3n) is 3.95. The molecular weight excluding hydrogens is 316 g/mol. The van der Waals surface area contributed by atoms with Crippen LogP contribution in [0, 0.1) is 11.3 Å². The molecule has 1 aromatic heterocycles. The highest BCUT2D eigenvalue weighted by Crippen LogP contribution is 2.28. The highest BCUT2D eigenvalue weighted by atomic mass is 16.5. The van der Waals surface area contributed by atoms with Crippen molar-refractivity contribution in [1.29, 1.82) is 5.26 Å². The van der Waals surface area contributed by atoms with Crippen molar-refractivity contribution in [2.24, 2.45) is 0 Å². The SMILES string of the molecule is COc1ccc(-c2cc(-c3ccc(OC)cc3)c(C#N)c(=O)[nH]2)cc1. The fourth-order valence-corrected chi connectivity index (χ4v) is 2.60. The molecule has 0 bridgehead atoms. The molecule has 0 atom stereocenters. The molecule has 0 unspecified atom stereocenters. The molecule has 124 valence electrons. The van der Waals surface area contributed by atoms with Gasteiger partial charge >= 0.3 is 0 Å². The molecule has 0 saturated heterocycles. The van der Waals surface area contributed by atoms with Crippen molar-refractivity contribution in [1.82, 2.24) is 4.98 Å². The van der Waals surface area contributed by atoms with Gasteiger partial charge in [-0.05, 0) is 53.6 Å². The van der Waals surface area contributed by atoms with Crippen LogP contribution in [0.3, 0.4) is 0 Å². The number of ether oxygens (including phenoxy) is 2. The summed E-state index contributed by atoms with van der Waals surface area (Å²) in [6.45, 7) is 0. The van der Waals surface area contributed by atoms with Crippen LogP contribution in [0.2, 0.25) is 0 Å². The van der Waals surface area contributed by atoms with Gasteiger partial charge in [0.25, 0.3) is 5.56 Å². The van der Waals surface area contributed by atoms with E-state index in [1.54, 1.807) is 26.4 Å². The maximum Gasteiger partial charge on any atom is 0.266 e. The molecule has 0 fully saturated rings. The lowest BCUT2D eigenvalue weighted by molar-refractivity contribution is 0.415. The second-order valence-corrected chi connectivity index (χ2v) is 5.37. The minimum absolute atomic E-state index is 0.0856. The fraction of sp³-hybridized carbons (Fsp3) is 0.100. The second-order valence-electron chi connectivity index (χ2n) is 5.37. The van der Waals surface area contributed by atoms with Crippen LogP contribution in [-0.2, 0) is 0 Å². The van der Waals surface area contributed by atoms with Gasteiger partial charge in [0.15, 0.2) is 0 Å². The average Bonchev–Trinajstić information content (AvgIpc) is 2.67. The number of nitriles is 1. The van der Waals surface area contributed by atoms with Crippen LogP contribution >= 0.6 is 0 Å². The van der Waals surface area contributed by atoms with Crippen LogP contribution in [0.25, 0.3) is 22.4 Å². The largest absolute Gasteiger partial charge is 0.497 e. The van der Waals surface area contributed by atoms with Crippen molar-refractivity contribution in [3.63, 3.8) is 0 Å². The van der Waals surface area contributed by atoms with Gasteiger partial charge in [-0.3, -0.25) is 4.79 Å². The Balaban J connectivity index is 2.14. The number of H-pyrrole nitrogens is 1. The Morgan fingerprint density at radius 2 is 1.40 bits per heavy atom. The number of methoxy groups -OCH3 is 2. The van der Waals surface area contributed by atoms with Crippen molar-refractivity contribution in [3.8, 4) is 40.0 Å². The molecule has 1 heterocycles. The van der Waals surface area contributed by atoms with Gasteiger partial charge in [0.05, 0.1) is 14.2 Å². The molecule has 0 spiro atoms. The molecule has 3 aromatic rings. The number of nitrogens with one attached hydrogen (secondary N) is 1. The third kappa shape index (κ3) is 3.24. The van der Waals surface area contributed by atoms with Crippen LogP contribution < -0.4 is 15.0 Å². The fourth-order valence-electron chi connectivity index (χ4n) is 2.60. The standard InChI is InChI=1S/C20H16N2O3/c1-24-15-7-3-13(4-8-15)17-11-19(22-20(23)18(17)12-21)14-5-9-16(25-2)10-6-14/h3-11H,1-2H3,(H,22,23). The molecule has 0 aliphatic carbocycles. The third-order valence-corrected chi connectivity index (χ3v) is 3.95. The summed E-state index contributed by atoms with van der Waals surface area (Å²) in [6.07, 6.45) is 0. The molecule has 0 radical (unpaired) electrons. The van der Waals surface area contributed by atoms with E-state index in [1.807, 2.05) is 48.5 Å². The zero-order valence-electron chi connectivity index (χ0n) is 13.9. The number of nitrogens with zero attached hydrogens (tertiary/aromatic N) is 1. The van der Waals surface area contributed by atoms with Gasteiger partial charge in [-0.1, -0.05) is 12.1 Å². The Kier molecular flexibility index (Phi) is 4.53. The van der Waals surface area contributed by atoms with Gasteiger partial charge in [-0.15, -0.1) is 0 Å². The van der Waals surface area contributed by atoms with Crippen LogP contribution in [-0.4, -0.2) is 19.2 Å². The Morgan fingerprint density at radius 1 is 0.880 bits per heavy atom. The predicted octanol–water partition coefficient (Wildman–Crippen LogP) is 3.60. The Morgan fingerprint density at radius 3 is 1.88 bits per heavy atom. The number of benzene rings is 2. The molecule has 0 amide bonds. The molecule has 0 aliphatic rings. The van der Waals surface area contributed by atoms with Crippen LogP contribution in [0.15, 0.2) is 59.4 Å². The van der Waals surface area contributed by atoms with E-state index in [9.17, 15) is 10.1 Å². The van der Waals surface area contributed by atoms with Crippen molar-refractivity contribution in [3.05, 3.63) is 70.5 Å². The maximum atomic E-state index is 12.4. The number of aromatic nitrogens is 1. The smallest absolute Gasteiger partial charge is 0.266 e. The number of hydrogen-bond acceptors (Lipinski definition) is 4. The summed E-state index contributed by atoms with van der Waals surface area (Å²) >= 11 is 0. The topological polar surface area (TPSA) is 75.1 Å². The summed E-state index contributed by atoms with van der Waals surface area (Å²) < 4.78 is 10.3. The van der Waals surface area contributed by atoms with Gasteiger partial charge in [0.2, 0.25) is 0 Å². The van der Waals surface area contributed by atoms with Crippen LogP contribution in [0.1, 0.15) is 5.56 Å². The molecule has 25 heavy (non-hydrogen) atoms. The van der Waals surface area contributed by atoms with E-state index in [-0.39, 0.29) is 5.56 Å². The van der Waals surface area contributed by atoms with Crippen LogP contribution in [0.5, 0.6) is 11.5 Å². The first-order valence-corrected chi connectivity index (χ1v) is 7.62. The molecule has 5 heteroatoms. The second kappa shape index (κ2) is 6.93. The van der Waals surface area contributed by atoms with E-state index in [2.05, 4.69) is 4.98 Å². The average molecular weight is 332 g/mol. The molecule has 2 aromatic carbocycles. The van der Waals surface area contributed by atoms with Gasteiger partial charge in [0, 0.05) is 11.3 Å². The summed E-state index contributed by atoms with van der Waals surface area (Å²) in [5.41, 5.74) is 2.50. The minimum Gasteiger partial charge on any atom is -0.497 e. The molecule has 5 nitrogen and oxygen atoms in total. The summed E-state index contributed by atoms with van der Waals surface area (Å²) in [4.78, 5) is 15.1. The lowest BCUT2D eigenvalue weighted by Gasteiger charge is -2.09. The zero-order valence-corrected chi connectivity index (χ0v) is 13.9. The monoisotopic (exact) mass is 332 g/mol. The summed E-state index contributed by atoms with van der Waals surface area (Å²) in [5.74, 6) is 1.44. The summed E-state index contributed by atoms with van der Waals surface area (Å²) in [6, 6.07) is 18.4. The van der Waals surface area contributed by atoms with E-state index in [4.69, 9.17) is 9.47 Å². The summed E-state index contributed by atoms with van der Waals surface area (Å²) in [7, 11) is 3.19. The van der Waals surface area contributed by atoms with Crippen LogP contribution in [0.4, 0.5) is 0 Å². The molecule has 0 saturated carbocycles. The molecule has 3 rings (SSSR count). The first-order valence-electron chi connectivity index (χ1n) is 7.62. The van der Waals surface area contributed by atoms with Crippen molar-refractivity contribution in [2.75, 3.05) is 14.2 Å². The first kappa shape index (κ1) is 16.3. The Hall–Kier alpha value is -3.52. The van der Waals surface area contributed by atoms with Gasteiger partial charge in [0.1, 0.15) is 23.1 Å². The van der Waals surface area contributed by atoms with Gasteiger partial charge < -0.3 is 14.5 Å². The lowest BCUT2D eigenvalue weighted by atomic mass is 9.99. The number of pyridine rings is 1. The molecule has 0 aliphatic heterocycles. The first-order chi connectivity index (χ1) is 12.2. The highest BCUT2D eigenvalue weighted by Gasteiger charge is 2.12.